The van der Waals surface area contributed by atoms with E-state index < -0.39 is 0 Å². The second-order valence-corrected chi connectivity index (χ2v) is 5.71. The van der Waals surface area contributed by atoms with E-state index in [1.54, 1.807) is 6.26 Å². The van der Waals surface area contributed by atoms with Crippen LogP contribution in [0.1, 0.15) is 36.5 Å². The molecular formula is C18H22N2O2. The summed E-state index contributed by atoms with van der Waals surface area (Å²) in [6, 6.07) is 14.2. The molecule has 0 radical (unpaired) electrons. The summed E-state index contributed by atoms with van der Waals surface area (Å²) >= 11 is 0. The van der Waals surface area contributed by atoms with Crippen molar-refractivity contribution in [1.29, 1.82) is 0 Å². The van der Waals surface area contributed by atoms with Crippen LogP contribution in [0.3, 0.4) is 0 Å². The Hall–Kier alpha value is -2.07. The van der Waals surface area contributed by atoms with Crippen LogP contribution in [0.15, 0.2) is 53.1 Å². The maximum atomic E-state index is 12.1. The summed E-state index contributed by atoms with van der Waals surface area (Å²) in [5.74, 6) is 1.23. The third kappa shape index (κ3) is 3.57. The topological polar surface area (TPSA) is 54.3 Å². The predicted octanol–water partition coefficient (Wildman–Crippen LogP) is 2.67. The first-order valence-electron chi connectivity index (χ1n) is 7.94. The van der Waals surface area contributed by atoms with Crippen molar-refractivity contribution in [3.8, 4) is 0 Å². The second-order valence-electron chi connectivity index (χ2n) is 5.71. The molecular weight excluding hydrogens is 276 g/mol. The van der Waals surface area contributed by atoms with Crippen LogP contribution in [0.2, 0.25) is 0 Å². The summed E-state index contributed by atoms with van der Waals surface area (Å²) in [6.07, 6.45) is 4.55. The van der Waals surface area contributed by atoms with E-state index in [0.29, 0.717) is 6.54 Å². The van der Waals surface area contributed by atoms with Crippen LogP contribution < -0.4 is 10.6 Å². The fourth-order valence-electron chi connectivity index (χ4n) is 3.02. The summed E-state index contributed by atoms with van der Waals surface area (Å²) in [4.78, 5) is 12.1. The summed E-state index contributed by atoms with van der Waals surface area (Å²) < 4.78 is 5.58. The molecule has 3 rings (SSSR count). The Labute approximate surface area is 130 Å². The molecule has 1 fully saturated rings. The zero-order valence-corrected chi connectivity index (χ0v) is 12.6. The fraction of sp³-hybridized carbons (Fsp3) is 0.389. The second kappa shape index (κ2) is 7.27. The number of hydrogen-bond donors (Lipinski definition) is 2. The lowest BCUT2D eigenvalue weighted by Crippen LogP contribution is -2.41. The van der Waals surface area contributed by atoms with Crippen molar-refractivity contribution in [3.05, 3.63) is 60.1 Å². The molecule has 0 aliphatic carbocycles. The van der Waals surface area contributed by atoms with Crippen molar-refractivity contribution >= 4 is 5.91 Å². The molecule has 22 heavy (non-hydrogen) atoms. The SMILES string of the molecule is O=C(NCC[C@H](c1ccccc1)c1ccco1)[C@H]1CCCN1. The van der Waals surface area contributed by atoms with E-state index in [-0.39, 0.29) is 17.9 Å². The van der Waals surface area contributed by atoms with Crippen molar-refractivity contribution in [2.45, 2.75) is 31.2 Å². The van der Waals surface area contributed by atoms with E-state index in [1.165, 1.54) is 5.56 Å². The van der Waals surface area contributed by atoms with Crippen LogP contribution in [0, 0.1) is 0 Å². The van der Waals surface area contributed by atoms with E-state index in [2.05, 4.69) is 22.8 Å². The third-order valence-electron chi connectivity index (χ3n) is 4.20. The Kier molecular flexibility index (Phi) is 4.91. The van der Waals surface area contributed by atoms with Gasteiger partial charge in [-0.15, -0.1) is 0 Å². The number of carbonyl (C=O) groups excluding carboxylic acids is 1. The number of rotatable bonds is 6. The van der Waals surface area contributed by atoms with E-state index in [4.69, 9.17) is 4.42 Å². The maximum Gasteiger partial charge on any atom is 0.237 e. The molecule has 2 atom stereocenters. The van der Waals surface area contributed by atoms with E-state index >= 15 is 0 Å². The first-order chi connectivity index (χ1) is 10.8. The monoisotopic (exact) mass is 298 g/mol. The number of furan rings is 1. The summed E-state index contributed by atoms with van der Waals surface area (Å²) in [5.41, 5.74) is 1.21. The van der Waals surface area contributed by atoms with Gasteiger partial charge in [0.15, 0.2) is 0 Å². The number of carbonyl (C=O) groups is 1. The molecule has 2 heterocycles. The van der Waals surface area contributed by atoms with Gasteiger partial charge >= 0.3 is 0 Å². The van der Waals surface area contributed by atoms with E-state index in [0.717, 1.165) is 31.6 Å². The minimum absolute atomic E-state index is 0.0150. The van der Waals surface area contributed by atoms with Gasteiger partial charge in [0.2, 0.25) is 5.91 Å². The molecule has 1 aromatic carbocycles. The number of amides is 1. The highest BCUT2D eigenvalue weighted by Crippen LogP contribution is 2.27. The van der Waals surface area contributed by atoms with Gasteiger partial charge in [0.25, 0.3) is 0 Å². The van der Waals surface area contributed by atoms with Crippen LogP contribution in [0.4, 0.5) is 0 Å². The molecule has 0 saturated carbocycles. The van der Waals surface area contributed by atoms with E-state index in [1.807, 2.05) is 30.3 Å². The standard InChI is InChI=1S/C18H22N2O2/c21-18(16-8-4-11-19-16)20-12-10-15(17-9-5-13-22-17)14-6-2-1-3-7-14/h1-3,5-7,9,13,15-16,19H,4,8,10-12H2,(H,20,21)/t15-,16-/m1/s1. The summed E-state index contributed by atoms with van der Waals surface area (Å²) in [6.45, 7) is 1.59. The zero-order valence-electron chi connectivity index (χ0n) is 12.6. The van der Waals surface area contributed by atoms with Crippen LogP contribution in [-0.4, -0.2) is 25.0 Å². The molecule has 2 N–H and O–H groups in total. The Balaban J connectivity index is 1.60. The maximum absolute atomic E-state index is 12.1. The van der Waals surface area contributed by atoms with Gasteiger partial charge in [0.1, 0.15) is 5.76 Å². The van der Waals surface area contributed by atoms with Crippen molar-refractivity contribution in [2.75, 3.05) is 13.1 Å². The Morgan fingerprint density at radius 2 is 2.14 bits per heavy atom. The fourth-order valence-corrected chi connectivity index (χ4v) is 3.02. The van der Waals surface area contributed by atoms with Gasteiger partial charge in [0, 0.05) is 12.5 Å². The highest BCUT2D eigenvalue weighted by atomic mass is 16.3. The minimum atomic E-state index is -0.0150. The Bertz CT molecular complexity index is 574. The van der Waals surface area contributed by atoms with Gasteiger partial charge in [-0.1, -0.05) is 30.3 Å². The first-order valence-corrected chi connectivity index (χ1v) is 7.94. The highest BCUT2D eigenvalue weighted by Gasteiger charge is 2.22. The molecule has 0 unspecified atom stereocenters. The predicted molar refractivity (Wildman–Crippen MR) is 85.6 cm³/mol. The molecule has 1 aliphatic rings. The van der Waals surface area contributed by atoms with Crippen molar-refractivity contribution < 1.29 is 9.21 Å². The smallest absolute Gasteiger partial charge is 0.237 e. The van der Waals surface area contributed by atoms with Crippen molar-refractivity contribution in [3.63, 3.8) is 0 Å². The normalized spacial score (nSPS) is 19.0. The molecule has 0 spiro atoms. The van der Waals surface area contributed by atoms with Crippen LogP contribution >= 0.6 is 0 Å². The zero-order chi connectivity index (χ0) is 15.2. The quantitative estimate of drug-likeness (QED) is 0.862. The van der Waals surface area contributed by atoms with Gasteiger partial charge in [-0.25, -0.2) is 0 Å². The molecule has 1 saturated heterocycles. The van der Waals surface area contributed by atoms with Crippen LogP contribution in [-0.2, 0) is 4.79 Å². The van der Waals surface area contributed by atoms with Gasteiger partial charge in [-0.05, 0) is 43.5 Å². The average Bonchev–Trinajstić information content (AvgIpc) is 3.25. The van der Waals surface area contributed by atoms with Crippen LogP contribution in [0.25, 0.3) is 0 Å². The Morgan fingerprint density at radius 3 is 2.82 bits per heavy atom. The van der Waals surface area contributed by atoms with Crippen molar-refractivity contribution in [2.24, 2.45) is 0 Å². The lowest BCUT2D eigenvalue weighted by Gasteiger charge is -2.17. The minimum Gasteiger partial charge on any atom is -0.469 e. The number of hydrogen-bond acceptors (Lipinski definition) is 3. The highest BCUT2D eigenvalue weighted by molar-refractivity contribution is 5.81. The van der Waals surface area contributed by atoms with Gasteiger partial charge < -0.3 is 15.1 Å². The average molecular weight is 298 g/mol. The molecule has 0 bridgehead atoms. The molecule has 1 aliphatic heterocycles. The van der Waals surface area contributed by atoms with Crippen molar-refractivity contribution in [1.82, 2.24) is 10.6 Å². The number of benzene rings is 1. The molecule has 1 amide bonds. The summed E-state index contributed by atoms with van der Waals surface area (Å²) in [7, 11) is 0. The van der Waals surface area contributed by atoms with Crippen LogP contribution in [0.5, 0.6) is 0 Å². The van der Waals surface area contributed by atoms with Gasteiger partial charge in [-0.3, -0.25) is 4.79 Å². The molecule has 1 aromatic heterocycles. The third-order valence-corrected chi connectivity index (χ3v) is 4.20. The molecule has 2 aromatic rings. The lowest BCUT2D eigenvalue weighted by molar-refractivity contribution is -0.122. The molecule has 4 heteroatoms. The number of nitrogens with one attached hydrogen (secondary N) is 2. The molecule has 116 valence electrons. The van der Waals surface area contributed by atoms with E-state index in [9.17, 15) is 4.79 Å². The van der Waals surface area contributed by atoms with Gasteiger partial charge in [0.05, 0.1) is 12.3 Å². The largest absolute Gasteiger partial charge is 0.469 e. The Morgan fingerprint density at radius 1 is 1.27 bits per heavy atom. The van der Waals surface area contributed by atoms with Gasteiger partial charge in [-0.2, -0.15) is 0 Å². The first kappa shape index (κ1) is 14.9. The summed E-state index contributed by atoms with van der Waals surface area (Å²) in [5, 5.41) is 6.27. The molecule has 4 nitrogen and oxygen atoms in total. The lowest BCUT2D eigenvalue weighted by atomic mass is 9.93.